The van der Waals surface area contributed by atoms with Gasteiger partial charge in [-0.2, -0.15) is 0 Å². The molecule has 3 nitrogen and oxygen atoms in total. The highest BCUT2D eigenvalue weighted by molar-refractivity contribution is 7.26. The highest BCUT2D eigenvalue weighted by Gasteiger charge is 2.19. The largest absolute Gasteiger partial charge is 0.436 e. The lowest BCUT2D eigenvalue weighted by Gasteiger charge is -2.27. The number of nitrogens with zero attached hydrogens (tertiary/aromatic N) is 2. The van der Waals surface area contributed by atoms with Gasteiger partial charge in [-0.1, -0.05) is 109 Å². The van der Waals surface area contributed by atoms with E-state index in [-0.39, 0.29) is 0 Å². The van der Waals surface area contributed by atoms with E-state index in [1.165, 1.54) is 52.8 Å². The number of rotatable bonds is 5. The Labute approximate surface area is 286 Å². The van der Waals surface area contributed by atoms with Crippen molar-refractivity contribution in [2.75, 3.05) is 4.90 Å². The quantitative estimate of drug-likeness (QED) is 0.187. The first-order valence-electron chi connectivity index (χ1n) is 16.5. The number of para-hydroxylation sites is 2. The number of anilines is 3. The SMILES string of the molecule is c1ccc2cc(-c3ccc(N(c4ccc5c(c4)sc4cccc(-c6nc7ccccc7o6)c45)c4cccc5ccccc45)cc3)ccc2c1. The number of fused-ring (bicyclic) bond motifs is 6. The maximum atomic E-state index is 6.25. The van der Waals surface area contributed by atoms with Gasteiger partial charge in [0.2, 0.25) is 5.89 Å². The van der Waals surface area contributed by atoms with Gasteiger partial charge in [0.1, 0.15) is 5.52 Å². The Morgan fingerprint density at radius 1 is 0.490 bits per heavy atom. The van der Waals surface area contributed by atoms with E-state index >= 15 is 0 Å². The molecule has 0 aliphatic carbocycles. The monoisotopic (exact) mass is 644 g/mol. The van der Waals surface area contributed by atoms with Crippen LogP contribution < -0.4 is 4.90 Å². The van der Waals surface area contributed by atoms with Crippen LogP contribution in [-0.4, -0.2) is 4.98 Å². The van der Waals surface area contributed by atoms with E-state index in [9.17, 15) is 0 Å². The second kappa shape index (κ2) is 11.2. The smallest absolute Gasteiger partial charge is 0.227 e. The Kier molecular flexibility index (Phi) is 6.36. The van der Waals surface area contributed by atoms with E-state index < -0.39 is 0 Å². The Bertz CT molecular complexity index is 2810. The number of thiophene rings is 1. The van der Waals surface area contributed by atoms with Gasteiger partial charge in [0.15, 0.2) is 5.58 Å². The summed E-state index contributed by atoms with van der Waals surface area (Å²) in [5, 5.41) is 7.30. The Balaban J connectivity index is 1.12. The van der Waals surface area contributed by atoms with Crippen LogP contribution in [0.3, 0.4) is 0 Å². The van der Waals surface area contributed by atoms with Crippen LogP contribution in [0.1, 0.15) is 0 Å². The number of benzene rings is 8. The molecule has 10 aromatic rings. The van der Waals surface area contributed by atoms with Gasteiger partial charge >= 0.3 is 0 Å². The average molecular weight is 645 g/mol. The third kappa shape index (κ3) is 4.68. The lowest BCUT2D eigenvalue weighted by atomic mass is 10.0. The van der Waals surface area contributed by atoms with Crippen LogP contribution in [0.4, 0.5) is 17.1 Å². The highest BCUT2D eigenvalue weighted by Crippen LogP contribution is 2.45. The molecule has 2 heterocycles. The lowest BCUT2D eigenvalue weighted by molar-refractivity contribution is 0.620. The second-order valence-corrected chi connectivity index (χ2v) is 13.5. The molecule has 0 saturated heterocycles. The fourth-order valence-electron chi connectivity index (χ4n) is 7.12. The van der Waals surface area contributed by atoms with Crippen molar-refractivity contribution in [1.29, 1.82) is 0 Å². The lowest BCUT2D eigenvalue weighted by Crippen LogP contribution is -2.10. The molecule has 4 heteroatoms. The van der Waals surface area contributed by atoms with Gasteiger partial charge in [-0.25, -0.2) is 4.98 Å². The molecule has 0 saturated carbocycles. The van der Waals surface area contributed by atoms with E-state index in [2.05, 4.69) is 150 Å². The zero-order valence-corrected chi connectivity index (χ0v) is 27.2. The van der Waals surface area contributed by atoms with Crippen LogP contribution in [0.25, 0.3) is 75.4 Å². The second-order valence-electron chi connectivity index (χ2n) is 12.4. The summed E-state index contributed by atoms with van der Waals surface area (Å²) in [5.41, 5.74) is 8.45. The van der Waals surface area contributed by atoms with Crippen LogP contribution in [0.15, 0.2) is 174 Å². The molecule has 0 aliphatic heterocycles. The van der Waals surface area contributed by atoms with Crippen LogP contribution >= 0.6 is 11.3 Å². The van der Waals surface area contributed by atoms with Gasteiger partial charge in [-0.05, 0) is 87.9 Å². The number of hydrogen-bond acceptors (Lipinski definition) is 4. The van der Waals surface area contributed by atoms with Crippen molar-refractivity contribution in [3.8, 4) is 22.6 Å². The number of aromatic nitrogens is 1. The first-order valence-corrected chi connectivity index (χ1v) is 17.3. The third-order valence-electron chi connectivity index (χ3n) is 9.48. The molecule has 0 spiro atoms. The van der Waals surface area contributed by atoms with Crippen LogP contribution in [-0.2, 0) is 0 Å². The van der Waals surface area contributed by atoms with Gasteiger partial charge in [0, 0.05) is 42.5 Å². The summed E-state index contributed by atoms with van der Waals surface area (Å²) in [5.74, 6) is 0.652. The van der Waals surface area contributed by atoms with Crippen molar-refractivity contribution >= 4 is 81.2 Å². The zero-order chi connectivity index (χ0) is 32.3. The molecule has 10 rings (SSSR count). The Morgan fingerprint density at radius 2 is 1.22 bits per heavy atom. The molecule has 0 atom stereocenters. The van der Waals surface area contributed by atoms with Gasteiger partial charge < -0.3 is 9.32 Å². The van der Waals surface area contributed by atoms with Crippen molar-refractivity contribution in [3.63, 3.8) is 0 Å². The summed E-state index contributed by atoms with van der Waals surface area (Å²) in [6.07, 6.45) is 0. The molecule has 230 valence electrons. The van der Waals surface area contributed by atoms with E-state index in [0.29, 0.717) is 5.89 Å². The van der Waals surface area contributed by atoms with Crippen molar-refractivity contribution < 1.29 is 4.42 Å². The molecule has 0 bridgehead atoms. The summed E-state index contributed by atoms with van der Waals surface area (Å²) in [7, 11) is 0. The number of hydrogen-bond donors (Lipinski definition) is 0. The first kappa shape index (κ1) is 27.8. The normalized spacial score (nSPS) is 11.7. The fourth-order valence-corrected chi connectivity index (χ4v) is 8.29. The molecule has 8 aromatic carbocycles. The predicted octanol–water partition coefficient (Wildman–Crippen LogP) is 13.3. The minimum Gasteiger partial charge on any atom is -0.436 e. The molecule has 0 aliphatic rings. The van der Waals surface area contributed by atoms with Crippen LogP contribution in [0, 0.1) is 0 Å². The van der Waals surface area contributed by atoms with Crippen molar-refractivity contribution in [3.05, 3.63) is 170 Å². The van der Waals surface area contributed by atoms with Crippen molar-refractivity contribution in [2.45, 2.75) is 0 Å². The fraction of sp³-hybridized carbons (Fsp3) is 0. The number of oxazole rings is 1. The Hall–Kier alpha value is -6.23. The van der Waals surface area contributed by atoms with E-state index in [0.717, 1.165) is 33.7 Å². The molecular weight excluding hydrogens is 617 g/mol. The minimum atomic E-state index is 0.652. The summed E-state index contributed by atoms with van der Waals surface area (Å²) >= 11 is 1.81. The summed E-state index contributed by atoms with van der Waals surface area (Å²) in [4.78, 5) is 7.23. The van der Waals surface area contributed by atoms with E-state index in [1.54, 1.807) is 0 Å². The molecule has 2 aromatic heterocycles. The molecule has 0 radical (unpaired) electrons. The highest BCUT2D eigenvalue weighted by atomic mass is 32.1. The molecule has 0 amide bonds. The standard InChI is InChI=1S/C45H28N2OS/c1-2-11-32-27-33(20-19-29(32)9-1)30-21-23-34(24-22-30)47(40-16-7-12-31-10-3-4-13-36(31)40)35-25-26-37-43(28-35)49-42-18-8-14-38(44(37)42)45-46-39-15-5-6-17-41(39)48-45/h1-28H. The third-order valence-corrected chi connectivity index (χ3v) is 10.6. The predicted molar refractivity (Wildman–Crippen MR) is 207 cm³/mol. The van der Waals surface area contributed by atoms with Gasteiger partial charge in [0.05, 0.1) is 5.69 Å². The maximum absolute atomic E-state index is 6.25. The molecule has 0 unspecified atom stereocenters. The zero-order valence-electron chi connectivity index (χ0n) is 26.4. The summed E-state index contributed by atoms with van der Waals surface area (Å²) in [6, 6.07) is 60.6. The molecule has 0 N–H and O–H groups in total. The van der Waals surface area contributed by atoms with E-state index in [4.69, 9.17) is 9.40 Å². The van der Waals surface area contributed by atoms with Gasteiger partial charge in [0.25, 0.3) is 0 Å². The van der Waals surface area contributed by atoms with Gasteiger partial charge in [-0.15, -0.1) is 11.3 Å². The van der Waals surface area contributed by atoms with Crippen LogP contribution in [0.2, 0.25) is 0 Å². The van der Waals surface area contributed by atoms with Crippen LogP contribution in [0.5, 0.6) is 0 Å². The van der Waals surface area contributed by atoms with E-state index in [1.807, 2.05) is 35.6 Å². The van der Waals surface area contributed by atoms with Gasteiger partial charge in [-0.3, -0.25) is 0 Å². The minimum absolute atomic E-state index is 0.652. The molecule has 49 heavy (non-hydrogen) atoms. The van der Waals surface area contributed by atoms with Crippen molar-refractivity contribution in [1.82, 2.24) is 4.98 Å². The summed E-state index contributed by atoms with van der Waals surface area (Å²) < 4.78 is 8.68. The van der Waals surface area contributed by atoms with Crippen molar-refractivity contribution in [2.24, 2.45) is 0 Å². The average Bonchev–Trinajstić information content (AvgIpc) is 3.77. The molecular formula is C45H28N2OS. The molecule has 0 fully saturated rings. The Morgan fingerprint density at radius 3 is 2.12 bits per heavy atom. The topological polar surface area (TPSA) is 29.3 Å². The first-order chi connectivity index (χ1) is 24.3. The summed E-state index contributed by atoms with van der Waals surface area (Å²) in [6.45, 7) is 0. The maximum Gasteiger partial charge on any atom is 0.227 e.